The second-order valence-corrected chi connectivity index (χ2v) is 5.67. The van der Waals surface area contributed by atoms with Gasteiger partial charge in [-0.3, -0.25) is 0 Å². The Labute approximate surface area is 96.8 Å². The van der Waals surface area contributed by atoms with Crippen molar-refractivity contribution in [1.29, 1.82) is 0 Å². The zero-order valence-corrected chi connectivity index (χ0v) is 11.1. The van der Waals surface area contributed by atoms with Crippen molar-refractivity contribution in [3.63, 3.8) is 0 Å². The summed E-state index contributed by atoms with van der Waals surface area (Å²) in [5.41, 5.74) is 0. The Bertz CT molecular complexity index is 144. The van der Waals surface area contributed by atoms with E-state index >= 15 is 0 Å². The molecule has 1 aliphatic carbocycles. The fourth-order valence-corrected chi connectivity index (χ4v) is 3.23. The molecule has 90 valence electrons. The molecular weight excluding hydrogens is 180 g/mol. The smallest absolute Gasteiger partial charge is 0.0388 e. The molecule has 0 aromatic rings. The van der Waals surface area contributed by atoms with Gasteiger partial charge in [-0.25, -0.2) is 0 Å². The zero-order valence-electron chi connectivity index (χ0n) is 11.1. The molecule has 0 bridgehead atoms. The average Bonchev–Trinajstić information content (AvgIpc) is 2.77. The first-order valence-electron chi connectivity index (χ1n) is 7.27. The average molecular weight is 210 g/mol. The molecule has 2 atom stereocenters. The summed E-state index contributed by atoms with van der Waals surface area (Å²) in [6.45, 7) is 7.19. The van der Waals surface area contributed by atoms with E-state index in [1.54, 1.807) is 0 Å². The van der Waals surface area contributed by atoms with E-state index in [9.17, 15) is 0 Å². The Hall–Kier alpha value is 0. The van der Waals surface area contributed by atoms with Gasteiger partial charge in [0.05, 0.1) is 0 Å². The van der Waals surface area contributed by atoms with E-state index in [-0.39, 0.29) is 0 Å². The van der Waals surface area contributed by atoms with Gasteiger partial charge in [0.1, 0.15) is 0 Å². The molecule has 1 rings (SSSR count). The van der Waals surface area contributed by atoms with Crippen LogP contribution in [0.15, 0.2) is 0 Å². The number of rotatable bonds is 7. The summed E-state index contributed by atoms with van der Waals surface area (Å²) in [5, 5.41) is 0. The highest BCUT2D eigenvalue weighted by atomic mass is 14.3. The van der Waals surface area contributed by atoms with Crippen molar-refractivity contribution in [2.75, 3.05) is 0 Å². The van der Waals surface area contributed by atoms with Crippen molar-refractivity contribution in [2.24, 2.45) is 17.8 Å². The normalized spacial score (nSPS) is 21.8. The lowest BCUT2D eigenvalue weighted by Gasteiger charge is -2.24. The van der Waals surface area contributed by atoms with Crippen LogP contribution in [0.3, 0.4) is 0 Å². The summed E-state index contributed by atoms with van der Waals surface area (Å²) in [4.78, 5) is 0. The topological polar surface area (TPSA) is 0 Å². The number of hydrogen-bond acceptors (Lipinski definition) is 0. The van der Waals surface area contributed by atoms with E-state index in [2.05, 4.69) is 20.8 Å². The lowest BCUT2D eigenvalue weighted by atomic mass is 9.82. The molecule has 0 spiro atoms. The van der Waals surface area contributed by atoms with Crippen LogP contribution in [0.5, 0.6) is 0 Å². The van der Waals surface area contributed by atoms with E-state index in [4.69, 9.17) is 0 Å². The minimum Gasteiger partial charge on any atom is -0.0654 e. The molecule has 15 heavy (non-hydrogen) atoms. The molecule has 0 amide bonds. The zero-order chi connectivity index (χ0) is 11.1. The predicted octanol–water partition coefficient (Wildman–Crippen LogP) is 5.42. The van der Waals surface area contributed by atoms with Crippen molar-refractivity contribution in [3.05, 3.63) is 0 Å². The van der Waals surface area contributed by atoms with Crippen LogP contribution in [0.25, 0.3) is 0 Å². The van der Waals surface area contributed by atoms with E-state index in [0.29, 0.717) is 0 Å². The first-order valence-corrected chi connectivity index (χ1v) is 7.27. The van der Waals surface area contributed by atoms with Crippen molar-refractivity contribution >= 4 is 0 Å². The van der Waals surface area contributed by atoms with Gasteiger partial charge in [0.2, 0.25) is 0 Å². The van der Waals surface area contributed by atoms with Gasteiger partial charge in [0, 0.05) is 0 Å². The third kappa shape index (κ3) is 4.57. The molecule has 0 heteroatoms. The van der Waals surface area contributed by atoms with Gasteiger partial charge in [0.25, 0.3) is 0 Å². The Morgan fingerprint density at radius 2 is 1.80 bits per heavy atom. The quantitative estimate of drug-likeness (QED) is 0.526. The second-order valence-electron chi connectivity index (χ2n) is 5.67. The molecule has 0 radical (unpaired) electrons. The van der Waals surface area contributed by atoms with Crippen LogP contribution >= 0.6 is 0 Å². The Balaban J connectivity index is 2.23. The molecule has 0 nitrogen and oxygen atoms in total. The highest BCUT2D eigenvalue weighted by Gasteiger charge is 2.23. The molecule has 0 heterocycles. The van der Waals surface area contributed by atoms with E-state index < -0.39 is 0 Å². The summed E-state index contributed by atoms with van der Waals surface area (Å²) in [7, 11) is 0. The van der Waals surface area contributed by atoms with Crippen LogP contribution in [0.2, 0.25) is 0 Å². The lowest BCUT2D eigenvalue weighted by Crippen LogP contribution is -2.13. The molecule has 0 aliphatic heterocycles. The lowest BCUT2D eigenvalue weighted by molar-refractivity contribution is 0.273. The first kappa shape index (κ1) is 13.1. The van der Waals surface area contributed by atoms with E-state index in [1.165, 1.54) is 57.8 Å². The summed E-state index contributed by atoms with van der Waals surface area (Å²) >= 11 is 0. The Morgan fingerprint density at radius 3 is 2.33 bits per heavy atom. The highest BCUT2D eigenvalue weighted by Crippen LogP contribution is 2.35. The van der Waals surface area contributed by atoms with Crippen molar-refractivity contribution in [2.45, 2.75) is 78.6 Å². The molecule has 0 saturated heterocycles. The molecule has 2 unspecified atom stereocenters. The third-order valence-electron chi connectivity index (χ3n) is 4.45. The maximum atomic E-state index is 2.50. The van der Waals surface area contributed by atoms with Gasteiger partial charge in [-0.2, -0.15) is 0 Å². The SMILES string of the molecule is CCCCC(CC)CC(C)C1CCCC1. The minimum atomic E-state index is 0.995. The van der Waals surface area contributed by atoms with Crippen molar-refractivity contribution in [3.8, 4) is 0 Å². The second kappa shape index (κ2) is 7.30. The monoisotopic (exact) mass is 210 g/mol. The van der Waals surface area contributed by atoms with Crippen LogP contribution in [0.1, 0.15) is 78.6 Å². The predicted molar refractivity (Wildman–Crippen MR) is 69.0 cm³/mol. The first-order chi connectivity index (χ1) is 7.27. The summed E-state index contributed by atoms with van der Waals surface area (Å²) in [6.07, 6.45) is 13.2. The molecule has 0 aromatic heterocycles. The van der Waals surface area contributed by atoms with Gasteiger partial charge < -0.3 is 0 Å². The number of hydrogen-bond donors (Lipinski definition) is 0. The molecule has 1 fully saturated rings. The maximum absolute atomic E-state index is 2.50. The molecule has 1 saturated carbocycles. The van der Waals surface area contributed by atoms with Gasteiger partial charge in [-0.15, -0.1) is 0 Å². The third-order valence-corrected chi connectivity index (χ3v) is 4.45. The van der Waals surface area contributed by atoms with Gasteiger partial charge in [-0.05, 0) is 24.2 Å². The summed E-state index contributed by atoms with van der Waals surface area (Å²) in [6, 6.07) is 0. The summed E-state index contributed by atoms with van der Waals surface area (Å²) < 4.78 is 0. The standard InChI is InChI=1S/C15H30/c1-4-6-9-14(5-2)12-13(3)15-10-7-8-11-15/h13-15H,4-12H2,1-3H3. The molecular formula is C15H30. The Kier molecular flexibility index (Phi) is 6.36. The van der Waals surface area contributed by atoms with Gasteiger partial charge >= 0.3 is 0 Å². The minimum absolute atomic E-state index is 0.995. The van der Waals surface area contributed by atoms with Crippen LogP contribution < -0.4 is 0 Å². The van der Waals surface area contributed by atoms with Crippen LogP contribution in [-0.2, 0) is 0 Å². The largest absolute Gasteiger partial charge is 0.0654 e. The summed E-state index contributed by atoms with van der Waals surface area (Å²) in [5.74, 6) is 3.08. The van der Waals surface area contributed by atoms with Gasteiger partial charge in [0.15, 0.2) is 0 Å². The fourth-order valence-electron chi connectivity index (χ4n) is 3.23. The fraction of sp³-hybridized carbons (Fsp3) is 1.00. The van der Waals surface area contributed by atoms with Crippen LogP contribution in [-0.4, -0.2) is 0 Å². The molecule has 1 aliphatic rings. The van der Waals surface area contributed by atoms with Crippen molar-refractivity contribution < 1.29 is 0 Å². The maximum Gasteiger partial charge on any atom is -0.0388 e. The molecule has 0 aromatic carbocycles. The van der Waals surface area contributed by atoms with E-state index in [1.807, 2.05) is 0 Å². The van der Waals surface area contributed by atoms with Crippen molar-refractivity contribution in [1.82, 2.24) is 0 Å². The highest BCUT2D eigenvalue weighted by molar-refractivity contribution is 4.74. The van der Waals surface area contributed by atoms with Crippen LogP contribution in [0.4, 0.5) is 0 Å². The van der Waals surface area contributed by atoms with Gasteiger partial charge in [-0.1, -0.05) is 72.1 Å². The van der Waals surface area contributed by atoms with Crippen LogP contribution in [0, 0.1) is 17.8 Å². The number of unbranched alkanes of at least 4 members (excludes halogenated alkanes) is 1. The van der Waals surface area contributed by atoms with E-state index in [0.717, 1.165) is 17.8 Å². The molecule has 0 N–H and O–H groups in total. The Morgan fingerprint density at radius 1 is 1.13 bits per heavy atom.